The highest BCUT2D eigenvalue weighted by Gasteiger charge is 2.13. The number of nitrogens with zero attached hydrogens (tertiary/aromatic N) is 1. The monoisotopic (exact) mass is 251 g/mol. The number of ether oxygens (including phenoxy) is 1. The summed E-state index contributed by atoms with van der Waals surface area (Å²) in [6.07, 6.45) is 0.361. The summed E-state index contributed by atoms with van der Waals surface area (Å²) in [5.74, 6) is 0.268. The fourth-order valence-corrected chi connectivity index (χ4v) is 1.68. The second-order valence-electron chi connectivity index (χ2n) is 4.54. The lowest BCUT2D eigenvalue weighted by Crippen LogP contribution is -2.31. The first-order chi connectivity index (χ1) is 8.63. The fraction of sp³-hybridized carbons (Fsp3) is 0.500. The van der Waals surface area contributed by atoms with Gasteiger partial charge in [0.1, 0.15) is 6.61 Å². The lowest BCUT2D eigenvalue weighted by molar-refractivity contribution is 0.0983. The molecule has 1 amide bonds. The molecule has 18 heavy (non-hydrogen) atoms. The van der Waals surface area contributed by atoms with Crippen LogP contribution < -0.4 is 0 Å². The molecule has 0 heterocycles. The molecule has 4 nitrogen and oxygen atoms in total. The molecule has 0 fully saturated rings. The van der Waals surface area contributed by atoms with E-state index in [4.69, 9.17) is 9.84 Å². The van der Waals surface area contributed by atoms with Gasteiger partial charge in [0, 0.05) is 20.2 Å². The van der Waals surface area contributed by atoms with Crippen LogP contribution in [0.3, 0.4) is 0 Å². The summed E-state index contributed by atoms with van der Waals surface area (Å²) in [6.45, 7) is 3.03. The topological polar surface area (TPSA) is 49.8 Å². The Bertz CT molecular complexity index is 353. The molecule has 4 heteroatoms. The van der Waals surface area contributed by atoms with Crippen molar-refractivity contribution in [2.45, 2.75) is 20.0 Å². The van der Waals surface area contributed by atoms with Gasteiger partial charge in [0.05, 0.1) is 0 Å². The molecule has 0 aliphatic rings. The van der Waals surface area contributed by atoms with Gasteiger partial charge in [0.15, 0.2) is 0 Å². The summed E-state index contributed by atoms with van der Waals surface area (Å²) in [5.41, 5.74) is 0.975. The average Bonchev–Trinajstić information content (AvgIpc) is 2.37. The zero-order valence-electron chi connectivity index (χ0n) is 11.0. The summed E-state index contributed by atoms with van der Waals surface area (Å²) in [4.78, 5) is 13.2. The van der Waals surface area contributed by atoms with Gasteiger partial charge in [-0.25, -0.2) is 4.79 Å². The molecule has 0 aliphatic heterocycles. The van der Waals surface area contributed by atoms with Crippen molar-refractivity contribution < 1.29 is 14.6 Å². The van der Waals surface area contributed by atoms with E-state index >= 15 is 0 Å². The Morgan fingerprint density at radius 3 is 2.67 bits per heavy atom. The molecule has 0 saturated heterocycles. The van der Waals surface area contributed by atoms with Gasteiger partial charge in [0.2, 0.25) is 0 Å². The van der Waals surface area contributed by atoms with Gasteiger partial charge in [-0.3, -0.25) is 0 Å². The number of benzene rings is 1. The van der Waals surface area contributed by atoms with Gasteiger partial charge in [-0.05, 0) is 17.9 Å². The van der Waals surface area contributed by atoms with Crippen molar-refractivity contribution in [3.05, 3.63) is 35.9 Å². The number of amides is 1. The molecular formula is C14H21NO3. The van der Waals surface area contributed by atoms with Crippen LogP contribution >= 0.6 is 0 Å². The van der Waals surface area contributed by atoms with E-state index in [0.717, 1.165) is 5.56 Å². The number of hydrogen-bond donors (Lipinski definition) is 1. The maximum atomic E-state index is 11.7. The van der Waals surface area contributed by atoms with Gasteiger partial charge in [-0.2, -0.15) is 0 Å². The maximum absolute atomic E-state index is 11.7. The Morgan fingerprint density at radius 1 is 1.39 bits per heavy atom. The zero-order chi connectivity index (χ0) is 13.4. The Hall–Kier alpha value is -1.55. The molecular weight excluding hydrogens is 230 g/mol. The van der Waals surface area contributed by atoms with Crippen LogP contribution in [0.4, 0.5) is 4.79 Å². The Labute approximate surface area is 108 Å². The first-order valence-electron chi connectivity index (χ1n) is 6.16. The van der Waals surface area contributed by atoms with Gasteiger partial charge < -0.3 is 14.7 Å². The molecule has 1 aromatic carbocycles. The van der Waals surface area contributed by atoms with E-state index < -0.39 is 0 Å². The normalized spacial score (nSPS) is 11.9. The Morgan fingerprint density at radius 2 is 2.06 bits per heavy atom. The smallest absolute Gasteiger partial charge is 0.409 e. The van der Waals surface area contributed by atoms with E-state index in [2.05, 4.69) is 0 Å². The number of carbonyl (C=O) groups excluding carboxylic acids is 1. The van der Waals surface area contributed by atoms with E-state index in [1.165, 1.54) is 0 Å². The predicted molar refractivity (Wildman–Crippen MR) is 70.1 cm³/mol. The Kier molecular flexibility index (Phi) is 6.22. The standard InChI is InChI=1S/C14H21NO3/c1-12(8-9-16)10-15(2)14(17)18-11-13-6-4-3-5-7-13/h3-7,12,16H,8-11H2,1-2H3. The van der Waals surface area contributed by atoms with Crippen molar-refractivity contribution in [1.29, 1.82) is 0 Å². The van der Waals surface area contributed by atoms with Crippen LogP contribution in [0.2, 0.25) is 0 Å². The van der Waals surface area contributed by atoms with E-state index in [0.29, 0.717) is 19.6 Å². The molecule has 0 aliphatic carbocycles. The predicted octanol–water partition coefficient (Wildman–Crippen LogP) is 2.27. The van der Waals surface area contributed by atoms with Crippen molar-refractivity contribution in [3.63, 3.8) is 0 Å². The quantitative estimate of drug-likeness (QED) is 0.843. The molecule has 1 atom stereocenters. The largest absolute Gasteiger partial charge is 0.445 e. The van der Waals surface area contributed by atoms with Crippen LogP contribution in [0.5, 0.6) is 0 Å². The van der Waals surface area contributed by atoms with Crippen LogP contribution in [0, 0.1) is 5.92 Å². The number of aliphatic hydroxyl groups excluding tert-OH is 1. The van der Waals surface area contributed by atoms with Crippen LogP contribution in [0.15, 0.2) is 30.3 Å². The van der Waals surface area contributed by atoms with Gasteiger partial charge in [0.25, 0.3) is 0 Å². The lowest BCUT2D eigenvalue weighted by Gasteiger charge is -2.20. The summed E-state index contributed by atoms with van der Waals surface area (Å²) < 4.78 is 5.19. The Balaban J connectivity index is 2.32. The first kappa shape index (κ1) is 14.5. The molecule has 0 spiro atoms. The average molecular weight is 251 g/mol. The number of rotatable bonds is 6. The van der Waals surface area contributed by atoms with Gasteiger partial charge >= 0.3 is 6.09 Å². The minimum atomic E-state index is -0.330. The number of carbonyl (C=O) groups is 1. The SMILES string of the molecule is CC(CCO)CN(C)C(=O)OCc1ccccc1. The van der Waals surface area contributed by atoms with Gasteiger partial charge in [-0.1, -0.05) is 37.3 Å². The van der Waals surface area contributed by atoms with Crippen molar-refractivity contribution >= 4 is 6.09 Å². The van der Waals surface area contributed by atoms with Crippen molar-refractivity contribution in [1.82, 2.24) is 4.90 Å². The number of hydrogen-bond acceptors (Lipinski definition) is 3. The maximum Gasteiger partial charge on any atom is 0.409 e. The second-order valence-corrected chi connectivity index (χ2v) is 4.54. The van der Waals surface area contributed by atoms with Crippen molar-refractivity contribution in [3.8, 4) is 0 Å². The fourth-order valence-electron chi connectivity index (χ4n) is 1.68. The highest BCUT2D eigenvalue weighted by molar-refractivity contribution is 5.67. The summed E-state index contributed by atoms with van der Waals surface area (Å²) in [6, 6.07) is 9.59. The van der Waals surface area contributed by atoms with E-state index in [9.17, 15) is 4.79 Å². The number of aliphatic hydroxyl groups is 1. The third-order valence-corrected chi connectivity index (χ3v) is 2.72. The molecule has 0 radical (unpaired) electrons. The second kappa shape index (κ2) is 7.71. The highest BCUT2D eigenvalue weighted by Crippen LogP contribution is 2.06. The minimum Gasteiger partial charge on any atom is -0.445 e. The zero-order valence-corrected chi connectivity index (χ0v) is 11.0. The van der Waals surface area contributed by atoms with E-state index in [1.54, 1.807) is 11.9 Å². The van der Waals surface area contributed by atoms with Crippen molar-refractivity contribution in [2.75, 3.05) is 20.2 Å². The van der Waals surface area contributed by atoms with E-state index in [-0.39, 0.29) is 18.6 Å². The molecule has 100 valence electrons. The van der Waals surface area contributed by atoms with Crippen molar-refractivity contribution in [2.24, 2.45) is 5.92 Å². The van der Waals surface area contributed by atoms with Gasteiger partial charge in [-0.15, -0.1) is 0 Å². The summed E-state index contributed by atoms with van der Waals surface area (Å²) in [5, 5.41) is 8.81. The molecule has 1 rings (SSSR count). The first-order valence-corrected chi connectivity index (χ1v) is 6.16. The molecule has 1 aromatic rings. The lowest BCUT2D eigenvalue weighted by atomic mass is 10.1. The van der Waals surface area contributed by atoms with Crippen LogP contribution in [-0.2, 0) is 11.3 Å². The summed E-state index contributed by atoms with van der Waals surface area (Å²) in [7, 11) is 1.71. The van der Waals surface area contributed by atoms with Crippen LogP contribution in [0.25, 0.3) is 0 Å². The summed E-state index contributed by atoms with van der Waals surface area (Å²) >= 11 is 0. The van der Waals surface area contributed by atoms with E-state index in [1.807, 2.05) is 37.3 Å². The molecule has 1 N–H and O–H groups in total. The highest BCUT2D eigenvalue weighted by atomic mass is 16.6. The molecule has 0 aromatic heterocycles. The third kappa shape index (κ3) is 5.19. The third-order valence-electron chi connectivity index (χ3n) is 2.72. The van der Waals surface area contributed by atoms with Crippen LogP contribution in [0.1, 0.15) is 18.9 Å². The minimum absolute atomic E-state index is 0.147. The van der Waals surface area contributed by atoms with Crippen LogP contribution in [-0.4, -0.2) is 36.3 Å². The molecule has 0 saturated carbocycles. The molecule has 1 unspecified atom stereocenters. The molecule has 0 bridgehead atoms.